The van der Waals surface area contributed by atoms with E-state index < -0.39 is 11.9 Å². The van der Waals surface area contributed by atoms with Crippen molar-refractivity contribution in [1.29, 1.82) is 0 Å². The molecule has 1 amide bonds. The lowest BCUT2D eigenvalue weighted by Gasteiger charge is -2.11. The third-order valence-corrected chi connectivity index (χ3v) is 3.55. The molecule has 0 radical (unpaired) electrons. The van der Waals surface area contributed by atoms with Crippen LogP contribution < -0.4 is 5.32 Å². The van der Waals surface area contributed by atoms with Gasteiger partial charge in [-0.25, -0.2) is 4.79 Å². The Kier molecular flexibility index (Phi) is 4.50. The zero-order valence-corrected chi connectivity index (χ0v) is 12.5. The standard InChI is InChI=1S/C15H11Cl2NO3/c1-8-5-6-9(15(20)21)7-12(8)18-14(19)13-10(16)3-2-4-11(13)17/h2-7H,1H3,(H,18,19)(H,20,21). The Hall–Kier alpha value is -2.04. The molecule has 0 aliphatic carbocycles. The second-order valence-corrected chi connectivity index (χ2v) is 5.20. The fraction of sp³-hybridized carbons (Fsp3) is 0.0667. The van der Waals surface area contributed by atoms with Crippen LogP contribution in [0, 0.1) is 6.92 Å². The fourth-order valence-corrected chi connectivity index (χ4v) is 2.36. The molecule has 108 valence electrons. The smallest absolute Gasteiger partial charge is 0.335 e. The normalized spacial score (nSPS) is 10.2. The highest BCUT2D eigenvalue weighted by Crippen LogP contribution is 2.26. The van der Waals surface area contributed by atoms with E-state index in [2.05, 4.69) is 5.32 Å². The van der Waals surface area contributed by atoms with Crippen LogP contribution in [0.25, 0.3) is 0 Å². The number of halogens is 2. The van der Waals surface area contributed by atoms with Crippen molar-refractivity contribution in [2.24, 2.45) is 0 Å². The number of aromatic carboxylic acids is 1. The van der Waals surface area contributed by atoms with E-state index in [1.165, 1.54) is 12.1 Å². The molecule has 0 heterocycles. The van der Waals surface area contributed by atoms with Gasteiger partial charge in [0.05, 0.1) is 21.2 Å². The quantitative estimate of drug-likeness (QED) is 0.887. The average molecular weight is 324 g/mol. The molecule has 0 saturated carbocycles. The molecule has 2 aromatic rings. The summed E-state index contributed by atoms with van der Waals surface area (Å²) >= 11 is 11.9. The molecule has 0 atom stereocenters. The van der Waals surface area contributed by atoms with Gasteiger partial charge in [0.15, 0.2) is 0 Å². The van der Waals surface area contributed by atoms with Gasteiger partial charge in [0.25, 0.3) is 5.91 Å². The van der Waals surface area contributed by atoms with Crippen LogP contribution in [0.5, 0.6) is 0 Å². The van der Waals surface area contributed by atoms with Crippen LogP contribution >= 0.6 is 23.2 Å². The molecule has 0 fully saturated rings. The number of amides is 1. The molecular formula is C15H11Cl2NO3. The number of rotatable bonds is 3. The maximum atomic E-state index is 12.3. The van der Waals surface area contributed by atoms with E-state index in [0.29, 0.717) is 5.69 Å². The zero-order valence-electron chi connectivity index (χ0n) is 11.0. The number of carboxylic acids is 1. The second kappa shape index (κ2) is 6.16. The monoisotopic (exact) mass is 323 g/mol. The van der Waals surface area contributed by atoms with Gasteiger partial charge in [0, 0.05) is 5.69 Å². The first-order valence-electron chi connectivity index (χ1n) is 5.99. The number of benzene rings is 2. The highest BCUT2D eigenvalue weighted by molar-refractivity contribution is 6.40. The molecule has 4 nitrogen and oxygen atoms in total. The van der Waals surface area contributed by atoms with E-state index in [-0.39, 0.29) is 21.2 Å². The third kappa shape index (κ3) is 3.35. The maximum absolute atomic E-state index is 12.3. The summed E-state index contributed by atoms with van der Waals surface area (Å²) in [6, 6.07) is 9.23. The first-order chi connectivity index (χ1) is 9.90. The molecule has 0 bridgehead atoms. The molecule has 2 N–H and O–H groups in total. The van der Waals surface area contributed by atoms with Crippen molar-refractivity contribution in [1.82, 2.24) is 0 Å². The summed E-state index contributed by atoms with van der Waals surface area (Å²) in [5.74, 6) is -1.56. The van der Waals surface area contributed by atoms with Gasteiger partial charge in [-0.1, -0.05) is 35.3 Å². The number of nitrogens with one attached hydrogen (secondary N) is 1. The third-order valence-electron chi connectivity index (χ3n) is 2.92. The van der Waals surface area contributed by atoms with E-state index >= 15 is 0 Å². The number of aryl methyl sites for hydroxylation is 1. The van der Waals surface area contributed by atoms with Crippen molar-refractivity contribution >= 4 is 40.8 Å². The summed E-state index contributed by atoms with van der Waals surface area (Å²) in [6.07, 6.45) is 0. The number of carbonyl (C=O) groups excluding carboxylic acids is 1. The van der Waals surface area contributed by atoms with Gasteiger partial charge >= 0.3 is 5.97 Å². The molecule has 0 aliphatic heterocycles. The van der Waals surface area contributed by atoms with Gasteiger partial charge in [-0.3, -0.25) is 4.79 Å². The van der Waals surface area contributed by atoms with E-state index in [1.54, 1.807) is 31.2 Å². The number of hydrogen-bond acceptors (Lipinski definition) is 2. The van der Waals surface area contributed by atoms with Crippen LogP contribution in [-0.4, -0.2) is 17.0 Å². The van der Waals surface area contributed by atoms with Crippen molar-refractivity contribution in [3.8, 4) is 0 Å². The molecule has 21 heavy (non-hydrogen) atoms. The number of anilines is 1. The Morgan fingerprint density at radius 3 is 2.29 bits per heavy atom. The van der Waals surface area contributed by atoms with Gasteiger partial charge in [-0.15, -0.1) is 0 Å². The van der Waals surface area contributed by atoms with Gasteiger partial charge in [-0.2, -0.15) is 0 Å². The van der Waals surface area contributed by atoms with Crippen LogP contribution in [0.2, 0.25) is 10.0 Å². The first-order valence-corrected chi connectivity index (χ1v) is 6.75. The zero-order chi connectivity index (χ0) is 15.6. The van der Waals surface area contributed by atoms with Crippen LogP contribution in [0.1, 0.15) is 26.3 Å². The summed E-state index contributed by atoms with van der Waals surface area (Å²) in [6.45, 7) is 1.76. The lowest BCUT2D eigenvalue weighted by Crippen LogP contribution is -2.14. The SMILES string of the molecule is Cc1ccc(C(=O)O)cc1NC(=O)c1c(Cl)cccc1Cl. The Morgan fingerprint density at radius 1 is 1.10 bits per heavy atom. The van der Waals surface area contributed by atoms with E-state index in [1.807, 2.05) is 0 Å². The minimum absolute atomic E-state index is 0.0844. The predicted octanol–water partition coefficient (Wildman–Crippen LogP) is 4.25. The summed E-state index contributed by atoms with van der Waals surface area (Å²) < 4.78 is 0. The van der Waals surface area contributed by atoms with Crippen molar-refractivity contribution < 1.29 is 14.7 Å². The first kappa shape index (κ1) is 15.4. The molecule has 0 aliphatic rings. The summed E-state index contributed by atoms with van der Waals surface area (Å²) in [5.41, 5.74) is 1.37. The molecule has 0 spiro atoms. The van der Waals surface area contributed by atoms with Gasteiger partial charge in [-0.05, 0) is 36.8 Å². The highest BCUT2D eigenvalue weighted by atomic mass is 35.5. The summed E-state index contributed by atoms with van der Waals surface area (Å²) in [7, 11) is 0. The molecule has 0 aromatic heterocycles. The Labute approximate surface area is 131 Å². The topological polar surface area (TPSA) is 66.4 Å². The molecule has 0 unspecified atom stereocenters. The lowest BCUT2D eigenvalue weighted by molar-refractivity contribution is 0.0696. The second-order valence-electron chi connectivity index (χ2n) is 4.39. The van der Waals surface area contributed by atoms with E-state index in [4.69, 9.17) is 28.3 Å². The van der Waals surface area contributed by atoms with Crippen LogP contribution in [-0.2, 0) is 0 Å². The summed E-state index contributed by atoms with van der Waals surface area (Å²) in [5, 5.41) is 12.1. The molecule has 0 saturated heterocycles. The van der Waals surface area contributed by atoms with E-state index in [0.717, 1.165) is 5.56 Å². The Bertz CT molecular complexity index is 709. The Balaban J connectivity index is 2.36. The van der Waals surface area contributed by atoms with Crippen LogP contribution in [0.4, 0.5) is 5.69 Å². The van der Waals surface area contributed by atoms with Gasteiger partial charge in [0.2, 0.25) is 0 Å². The van der Waals surface area contributed by atoms with Crippen LogP contribution in [0.15, 0.2) is 36.4 Å². The van der Waals surface area contributed by atoms with Crippen molar-refractivity contribution in [2.75, 3.05) is 5.32 Å². The summed E-state index contributed by atoms with van der Waals surface area (Å²) in [4.78, 5) is 23.2. The minimum atomic E-state index is -1.07. The van der Waals surface area contributed by atoms with Crippen molar-refractivity contribution in [3.63, 3.8) is 0 Å². The van der Waals surface area contributed by atoms with Gasteiger partial charge < -0.3 is 10.4 Å². The van der Waals surface area contributed by atoms with Crippen molar-refractivity contribution in [2.45, 2.75) is 6.92 Å². The number of carboxylic acid groups (broad SMARTS) is 1. The lowest BCUT2D eigenvalue weighted by atomic mass is 10.1. The van der Waals surface area contributed by atoms with Gasteiger partial charge in [0.1, 0.15) is 0 Å². The highest BCUT2D eigenvalue weighted by Gasteiger charge is 2.16. The van der Waals surface area contributed by atoms with Crippen molar-refractivity contribution in [3.05, 3.63) is 63.1 Å². The number of hydrogen-bond donors (Lipinski definition) is 2. The van der Waals surface area contributed by atoms with Crippen LogP contribution in [0.3, 0.4) is 0 Å². The minimum Gasteiger partial charge on any atom is -0.478 e. The molecular weight excluding hydrogens is 313 g/mol. The number of carbonyl (C=O) groups is 2. The van der Waals surface area contributed by atoms with E-state index in [9.17, 15) is 9.59 Å². The average Bonchev–Trinajstić information content (AvgIpc) is 2.40. The predicted molar refractivity (Wildman–Crippen MR) is 82.6 cm³/mol. The molecule has 6 heteroatoms. The Morgan fingerprint density at radius 2 is 1.71 bits per heavy atom. The largest absolute Gasteiger partial charge is 0.478 e. The molecule has 2 aromatic carbocycles. The maximum Gasteiger partial charge on any atom is 0.335 e. The molecule has 2 rings (SSSR count). The fourth-order valence-electron chi connectivity index (χ4n) is 1.79.